The molecular weight excluding hydrogens is 230 g/mol. The summed E-state index contributed by atoms with van der Waals surface area (Å²) in [5.41, 5.74) is 1.98. The van der Waals surface area contributed by atoms with Crippen molar-refractivity contribution in [3.05, 3.63) is 24.1 Å². The van der Waals surface area contributed by atoms with Crippen molar-refractivity contribution in [1.29, 1.82) is 0 Å². The number of para-hydroxylation sites is 1. The van der Waals surface area contributed by atoms with Gasteiger partial charge < -0.3 is 15.1 Å². The molecule has 0 saturated heterocycles. The number of anilines is 1. The van der Waals surface area contributed by atoms with Crippen LogP contribution in [0.5, 0.6) is 0 Å². The smallest absolute Gasteiger partial charge is 0.319 e. The molecule has 1 aromatic heterocycles. The van der Waals surface area contributed by atoms with Gasteiger partial charge in [0.15, 0.2) is 11.5 Å². The molecule has 5 heteroatoms. The third-order valence-electron chi connectivity index (χ3n) is 2.44. The minimum atomic E-state index is -0.231. The number of nitrogens with zero attached hydrogens (tertiary/aromatic N) is 1. The van der Waals surface area contributed by atoms with Crippen LogP contribution in [0.25, 0.3) is 11.1 Å². The molecule has 2 aromatic rings. The molecule has 0 unspecified atom stereocenters. The van der Waals surface area contributed by atoms with Crippen LogP contribution >= 0.6 is 0 Å². The van der Waals surface area contributed by atoms with Crippen molar-refractivity contribution >= 4 is 22.8 Å². The Balaban J connectivity index is 2.14. The maximum Gasteiger partial charge on any atom is 0.319 e. The van der Waals surface area contributed by atoms with Crippen molar-refractivity contribution in [2.24, 2.45) is 5.92 Å². The van der Waals surface area contributed by atoms with Crippen LogP contribution in [0, 0.1) is 12.8 Å². The molecule has 2 rings (SSSR count). The number of benzene rings is 1. The van der Waals surface area contributed by atoms with Crippen molar-refractivity contribution in [2.75, 3.05) is 11.9 Å². The van der Waals surface area contributed by atoms with Crippen LogP contribution in [-0.2, 0) is 0 Å². The van der Waals surface area contributed by atoms with E-state index in [4.69, 9.17) is 4.42 Å². The minimum absolute atomic E-state index is 0.231. The lowest BCUT2D eigenvalue weighted by Crippen LogP contribution is -2.31. The van der Waals surface area contributed by atoms with E-state index in [-0.39, 0.29) is 6.03 Å². The molecule has 2 amide bonds. The second-order valence-electron chi connectivity index (χ2n) is 4.62. The molecule has 1 aromatic carbocycles. The predicted octanol–water partition coefficient (Wildman–Crippen LogP) is 2.91. The Morgan fingerprint density at radius 1 is 1.44 bits per heavy atom. The lowest BCUT2D eigenvalue weighted by molar-refractivity contribution is 0.251. The number of aromatic nitrogens is 1. The lowest BCUT2D eigenvalue weighted by atomic mass is 10.2. The molecule has 0 saturated carbocycles. The average molecular weight is 247 g/mol. The van der Waals surface area contributed by atoms with E-state index < -0.39 is 0 Å². The van der Waals surface area contributed by atoms with Crippen molar-refractivity contribution in [1.82, 2.24) is 10.3 Å². The van der Waals surface area contributed by atoms with Gasteiger partial charge in [0.25, 0.3) is 0 Å². The lowest BCUT2D eigenvalue weighted by Gasteiger charge is -2.09. The number of hydrogen-bond donors (Lipinski definition) is 2. The van der Waals surface area contributed by atoms with E-state index in [0.717, 1.165) is 5.52 Å². The van der Waals surface area contributed by atoms with Crippen molar-refractivity contribution < 1.29 is 9.21 Å². The van der Waals surface area contributed by atoms with E-state index in [1.807, 2.05) is 26.0 Å². The molecule has 0 fully saturated rings. The number of carbonyl (C=O) groups excluding carboxylic acids is 1. The zero-order valence-electron chi connectivity index (χ0n) is 10.8. The fourth-order valence-corrected chi connectivity index (χ4v) is 1.62. The molecular formula is C13H17N3O2. The summed E-state index contributed by atoms with van der Waals surface area (Å²) in [4.78, 5) is 15.9. The largest absolute Gasteiger partial charge is 0.439 e. The summed E-state index contributed by atoms with van der Waals surface area (Å²) in [6, 6.07) is 5.25. The van der Waals surface area contributed by atoms with Crippen LogP contribution in [0.2, 0.25) is 0 Å². The van der Waals surface area contributed by atoms with Crippen LogP contribution in [0.1, 0.15) is 19.7 Å². The van der Waals surface area contributed by atoms with Crippen molar-refractivity contribution in [2.45, 2.75) is 20.8 Å². The van der Waals surface area contributed by atoms with Gasteiger partial charge in [-0.05, 0) is 18.1 Å². The highest BCUT2D eigenvalue weighted by molar-refractivity contribution is 5.97. The van der Waals surface area contributed by atoms with E-state index in [2.05, 4.69) is 15.6 Å². The maximum atomic E-state index is 11.7. The summed E-state index contributed by atoms with van der Waals surface area (Å²) in [6.45, 7) is 6.50. The van der Waals surface area contributed by atoms with E-state index in [1.54, 1.807) is 13.0 Å². The van der Waals surface area contributed by atoms with Crippen molar-refractivity contribution in [3.63, 3.8) is 0 Å². The molecule has 0 aliphatic carbocycles. The summed E-state index contributed by atoms with van der Waals surface area (Å²) in [5.74, 6) is 1.00. The summed E-state index contributed by atoms with van der Waals surface area (Å²) in [6.07, 6.45) is 0. The van der Waals surface area contributed by atoms with E-state index in [9.17, 15) is 4.79 Å². The molecule has 1 heterocycles. The van der Waals surface area contributed by atoms with Crippen molar-refractivity contribution in [3.8, 4) is 0 Å². The first kappa shape index (κ1) is 12.4. The zero-order chi connectivity index (χ0) is 13.1. The molecule has 0 aliphatic rings. The maximum absolute atomic E-state index is 11.7. The normalized spacial score (nSPS) is 10.9. The van der Waals surface area contributed by atoms with Crippen LogP contribution < -0.4 is 10.6 Å². The van der Waals surface area contributed by atoms with Gasteiger partial charge in [-0.3, -0.25) is 0 Å². The molecule has 0 aliphatic heterocycles. The summed E-state index contributed by atoms with van der Waals surface area (Å²) in [5, 5.41) is 5.56. The topological polar surface area (TPSA) is 67.2 Å². The van der Waals surface area contributed by atoms with Gasteiger partial charge in [0, 0.05) is 13.5 Å². The molecule has 96 valence electrons. The first-order chi connectivity index (χ1) is 8.56. The summed E-state index contributed by atoms with van der Waals surface area (Å²) in [7, 11) is 0. The van der Waals surface area contributed by atoms with Gasteiger partial charge in [0.1, 0.15) is 5.52 Å². The Hall–Kier alpha value is -2.04. The number of oxazole rings is 1. The molecule has 0 radical (unpaired) electrons. The third kappa shape index (κ3) is 2.80. The van der Waals surface area contributed by atoms with Crippen LogP contribution in [0.3, 0.4) is 0 Å². The van der Waals surface area contributed by atoms with Gasteiger partial charge in [-0.25, -0.2) is 9.78 Å². The van der Waals surface area contributed by atoms with Gasteiger partial charge in [-0.2, -0.15) is 0 Å². The number of nitrogens with one attached hydrogen (secondary N) is 2. The molecule has 0 atom stereocenters. The third-order valence-corrected chi connectivity index (χ3v) is 2.44. The van der Waals surface area contributed by atoms with Crippen LogP contribution in [0.4, 0.5) is 10.5 Å². The number of carbonyl (C=O) groups is 1. The highest BCUT2D eigenvalue weighted by atomic mass is 16.3. The Morgan fingerprint density at radius 2 is 2.22 bits per heavy atom. The fourth-order valence-electron chi connectivity index (χ4n) is 1.62. The monoisotopic (exact) mass is 247 g/mol. The number of hydrogen-bond acceptors (Lipinski definition) is 3. The second-order valence-corrected chi connectivity index (χ2v) is 4.62. The fraction of sp³-hybridized carbons (Fsp3) is 0.385. The molecule has 2 N–H and O–H groups in total. The summed E-state index contributed by atoms with van der Waals surface area (Å²) < 4.78 is 5.47. The van der Waals surface area contributed by atoms with E-state index in [1.165, 1.54) is 0 Å². The standard InChI is InChI=1S/C13H17N3O2/c1-8(2)7-14-13(17)16-11-6-4-5-10-12(11)18-9(3)15-10/h4-6,8H,7H2,1-3H3,(H2,14,16,17). The highest BCUT2D eigenvalue weighted by Crippen LogP contribution is 2.23. The van der Waals surface area contributed by atoms with E-state index in [0.29, 0.717) is 29.6 Å². The van der Waals surface area contributed by atoms with Gasteiger partial charge >= 0.3 is 6.03 Å². The van der Waals surface area contributed by atoms with Gasteiger partial charge in [-0.15, -0.1) is 0 Å². The van der Waals surface area contributed by atoms with Crippen LogP contribution in [0.15, 0.2) is 22.6 Å². The second kappa shape index (κ2) is 5.08. The molecule has 0 bridgehead atoms. The first-order valence-electron chi connectivity index (χ1n) is 5.97. The van der Waals surface area contributed by atoms with E-state index >= 15 is 0 Å². The minimum Gasteiger partial charge on any atom is -0.439 e. The van der Waals surface area contributed by atoms with Crippen LogP contribution in [-0.4, -0.2) is 17.6 Å². The summed E-state index contributed by atoms with van der Waals surface area (Å²) >= 11 is 0. The number of rotatable bonds is 3. The number of urea groups is 1. The first-order valence-corrected chi connectivity index (χ1v) is 5.97. The van der Waals surface area contributed by atoms with Gasteiger partial charge in [0.05, 0.1) is 5.69 Å². The Bertz CT molecular complexity index is 560. The average Bonchev–Trinajstić information content (AvgIpc) is 2.68. The number of amides is 2. The zero-order valence-corrected chi connectivity index (χ0v) is 10.8. The molecule has 0 spiro atoms. The molecule has 5 nitrogen and oxygen atoms in total. The number of fused-ring (bicyclic) bond motifs is 1. The van der Waals surface area contributed by atoms with Gasteiger partial charge in [-0.1, -0.05) is 19.9 Å². The number of aryl methyl sites for hydroxylation is 1. The Labute approximate surface area is 106 Å². The SMILES string of the molecule is Cc1nc2cccc(NC(=O)NCC(C)C)c2o1. The molecule has 18 heavy (non-hydrogen) atoms. The predicted molar refractivity (Wildman–Crippen MR) is 70.6 cm³/mol. The van der Waals surface area contributed by atoms with Gasteiger partial charge in [0.2, 0.25) is 0 Å². The quantitative estimate of drug-likeness (QED) is 0.876. The highest BCUT2D eigenvalue weighted by Gasteiger charge is 2.10. The Kier molecular flexibility index (Phi) is 3.50. The Morgan fingerprint density at radius 3 is 2.94 bits per heavy atom.